The molecule has 0 aromatic carbocycles. The van der Waals surface area contributed by atoms with E-state index in [1.807, 2.05) is 0 Å². The van der Waals surface area contributed by atoms with Gasteiger partial charge in [-0.05, 0) is 46.6 Å². The van der Waals surface area contributed by atoms with E-state index in [9.17, 15) is 0 Å². The van der Waals surface area contributed by atoms with Gasteiger partial charge in [0.25, 0.3) is 0 Å². The smallest absolute Gasteiger partial charge is 0.0710 e. The van der Waals surface area contributed by atoms with Crippen molar-refractivity contribution in [1.82, 2.24) is 4.90 Å². The molecule has 0 aromatic heterocycles. The summed E-state index contributed by atoms with van der Waals surface area (Å²) < 4.78 is 6.06. The number of likely N-dealkylation sites (N-methyl/N-ethyl adjacent to an activating group) is 1. The molecule has 1 aliphatic carbocycles. The molecule has 1 saturated heterocycles. The number of nitrogens with zero attached hydrogens (tertiary/aromatic N) is 1. The van der Waals surface area contributed by atoms with Crippen LogP contribution in [0.4, 0.5) is 0 Å². The molecule has 1 saturated carbocycles. The minimum absolute atomic E-state index is 0.0835. The molecule has 3 heteroatoms. The van der Waals surface area contributed by atoms with Gasteiger partial charge in [-0.1, -0.05) is 12.8 Å². The molecule has 2 rings (SSSR count). The second-order valence-electron chi connectivity index (χ2n) is 6.49. The van der Waals surface area contributed by atoms with Gasteiger partial charge in [0.2, 0.25) is 0 Å². The molecule has 0 aromatic rings. The van der Waals surface area contributed by atoms with Crippen molar-refractivity contribution in [3.05, 3.63) is 0 Å². The summed E-state index contributed by atoms with van der Waals surface area (Å²) in [5.74, 6) is 0. The van der Waals surface area contributed by atoms with Gasteiger partial charge in [-0.3, -0.25) is 4.90 Å². The summed E-state index contributed by atoms with van der Waals surface area (Å²) >= 11 is 0. The van der Waals surface area contributed by atoms with Gasteiger partial charge >= 0.3 is 0 Å². The van der Waals surface area contributed by atoms with E-state index in [0.717, 1.165) is 6.54 Å². The van der Waals surface area contributed by atoms with Crippen LogP contribution in [0.25, 0.3) is 0 Å². The Kier molecular flexibility index (Phi) is 4.11. The molecule has 1 heterocycles. The fourth-order valence-corrected chi connectivity index (χ4v) is 3.35. The molecular weight excluding hydrogens is 212 g/mol. The van der Waals surface area contributed by atoms with Crippen molar-refractivity contribution >= 4 is 0 Å². The van der Waals surface area contributed by atoms with Crippen molar-refractivity contribution in [3.8, 4) is 0 Å². The molecule has 2 N–H and O–H groups in total. The molecule has 0 amide bonds. The third kappa shape index (κ3) is 3.43. The Morgan fingerprint density at radius 1 is 1.24 bits per heavy atom. The van der Waals surface area contributed by atoms with Gasteiger partial charge in [-0.15, -0.1) is 0 Å². The van der Waals surface area contributed by atoms with Crippen LogP contribution in [0.1, 0.15) is 52.4 Å². The average molecular weight is 240 g/mol. The third-order valence-corrected chi connectivity index (χ3v) is 4.39. The lowest BCUT2D eigenvalue weighted by molar-refractivity contribution is -0.0327. The average Bonchev–Trinajstić information content (AvgIpc) is 2.58. The molecule has 3 unspecified atom stereocenters. The van der Waals surface area contributed by atoms with Crippen LogP contribution in [0, 0.1) is 0 Å². The zero-order valence-electron chi connectivity index (χ0n) is 11.6. The second kappa shape index (κ2) is 5.25. The fraction of sp³-hybridized carbons (Fsp3) is 1.00. The molecule has 100 valence electrons. The van der Waals surface area contributed by atoms with Gasteiger partial charge < -0.3 is 10.5 Å². The highest BCUT2D eigenvalue weighted by atomic mass is 16.5. The topological polar surface area (TPSA) is 38.5 Å². The Balaban J connectivity index is 1.82. The first-order valence-corrected chi connectivity index (χ1v) is 7.11. The first-order valence-electron chi connectivity index (χ1n) is 7.11. The summed E-state index contributed by atoms with van der Waals surface area (Å²) in [7, 11) is 2.21. The van der Waals surface area contributed by atoms with Crippen LogP contribution in [-0.2, 0) is 4.74 Å². The summed E-state index contributed by atoms with van der Waals surface area (Å²) in [6.07, 6.45) is 7.86. The highest BCUT2D eigenvalue weighted by molar-refractivity contribution is 4.88. The molecule has 0 radical (unpaired) electrons. The van der Waals surface area contributed by atoms with Crippen LogP contribution in [0.15, 0.2) is 0 Å². The van der Waals surface area contributed by atoms with E-state index in [-0.39, 0.29) is 5.60 Å². The Labute approximate surface area is 106 Å². The van der Waals surface area contributed by atoms with Crippen LogP contribution in [-0.4, -0.2) is 42.3 Å². The van der Waals surface area contributed by atoms with Crippen molar-refractivity contribution in [3.63, 3.8) is 0 Å². The van der Waals surface area contributed by atoms with E-state index in [4.69, 9.17) is 10.5 Å². The standard InChI is InChI=1S/C14H28N2O/c1-14(2)9-8-11(17-14)10-16(3)13-7-5-4-6-12(13)15/h11-13H,4-10,15H2,1-3H3. The van der Waals surface area contributed by atoms with Gasteiger partial charge in [-0.2, -0.15) is 0 Å². The van der Waals surface area contributed by atoms with E-state index >= 15 is 0 Å². The van der Waals surface area contributed by atoms with Crippen molar-refractivity contribution in [2.75, 3.05) is 13.6 Å². The zero-order valence-corrected chi connectivity index (χ0v) is 11.6. The zero-order chi connectivity index (χ0) is 12.5. The molecule has 1 aliphatic heterocycles. The minimum atomic E-state index is 0.0835. The molecule has 3 atom stereocenters. The van der Waals surface area contributed by atoms with Gasteiger partial charge in [0.05, 0.1) is 11.7 Å². The maximum atomic E-state index is 6.22. The lowest BCUT2D eigenvalue weighted by Gasteiger charge is -2.37. The number of hydrogen-bond acceptors (Lipinski definition) is 3. The minimum Gasteiger partial charge on any atom is -0.371 e. The quantitative estimate of drug-likeness (QED) is 0.821. The molecule has 3 nitrogen and oxygen atoms in total. The largest absolute Gasteiger partial charge is 0.371 e. The van der Waals surface area contributed by atoms with Crippen LogP contribution in [0.5, 0.6) is 0 Å². The summed E-state index contributed by atoms with van der Waals surface area (Å²) in [4.78, 5) is 2.44. The van der Waals surface area contributed by atoms with Gasteiger partial charge in [0.1, 0.15) is 0 Å². The predicted octanol–water partition coefficient (Wildman–Crippen LogP) is 2.15. The second-order valence-corrected chi connectivity index (χ2v) is 6.49. The molecule has 0 bridgehead atoms. The van der Waals surface area contributed by atoms with Crippen LogP contribution >= 0.6 is 0 Å². The van der Waals surface area contributed by atoms with Crippen LogP contribution in [0.3, 0.4) is 0 Å². The number of ether oxygens (including phenoxy) is 1. The van der Waals surface area contributed by atoms with Gasteiger partial charge in [0.15, 0.2) is 0 Å². The van der Waals surface area contributed by atoms with Gasteiger partial charge in [-0.25, -0.2) is 0 Å². The highest BCUT2D eigenvalue weighted by Gasteiger charge is 2.34. The van der Waals surface area contributed by atoms with Crippen molar-refractivity contribution in [1.29, 1.82) is 0 Å². The van der Waals surface area contributed by atoms with E-state index in [1.165, 1.54) is 38.5 Å². The molecule has 17 heavy (non-hydrogen) atoms. The molecule has 2 fully saturated rings. The van der Waals surface area contributed by atoms with Gasteiger partial charge in [0, 0.05) is 18.6 Å². The third-order valence-electron chi connectivity index (χ3n) is 4.39. The first-order chi connectivity index (χ1) is 7.98. The molecule has 2 aliphatic rings. The van der Waals surface area contributed by atoms with E-state index in [0.29, 0.717) is 18.2 Å². The molecule has 0 spiro atoms. The highest BCUT2D eigenvalue weighted by Crippen LogP contribution is 2.30. The normalized spacial score (nSPS) is 37.6. The maximum Gasteiger partial charge on any atom is 0.0710 e. The number of nitrogens with two attached hydrogens (primary N) is 1. The number of rotatable bonds is 3. The van der Waals surface area contributed by atoms with Crippen molar-refractivity contribution in [2.24, 2.45) is 5.73 Å². The summed E-state index contributed by atoms with van der Waals surface area (Å²) in [5, 5.41) is 0. The summed E-state index contributed by atoms with van der Waals surface area (Å²) in [6.45, 7) is 5.43. The van der Waals surface area contributed by atoms with Crippen molar-refractivity contribution in [2.45, 2.75) is 76.2 Å². The Morgan fingerprint density at radius 2 is 1.94 bits per heavy atom. The van der Waals surface area contributed by atoms with E-state index in [2.05, 4.69) is 25.8 Å². The first kappa shape index (κ1) is 13.3. The Hall–Kier alpha value is -0.120. The Morgan fingerprint density at radius 3 is 2.53 bits per heavy atom. The maximum absolute atomic E-state index is 6.22. The SMILES string of the molecule is CN(CC1CCC(C)(C)O1)C1CCCCC1N. The molecular formula is C14H28N2O. The van der Waals surface area contributed by atoms with E-state index < -0.39 is 0 Å². The summed E-state index contributed by atoms with van der Waals surface area (Å²) in [5.41, 5.74) is 6.31. The van der Waals surface area contributed by atoms with Crippen LogP contribution in [0.2, 0.25) is 0 Å². The number of hydrogen-bond donors (Lipinski definition) is 1. The Bertz CT molecular complexity index is 255. The predicted molar refractivity (Wildman–Crippen MR) is 71.0 cm³/mol. The lowest BCUT2D eigenvalue weighted by atomic mass is 9.90. The lowest BCUT2D eigenvalue weighted by Crippen LogP contribution is -2.50. The fourth-order valence-electron chi connectivity index (χ4n) is 3.35. The van der Waals surface area contributed by atoms with Crippen LogP contribution < -0.4 is 5.73 Å². The monoisotopic (exact) mass is 240 g/mol. The van der Waals surface area contributed by atoms with E-state index in [1.54, 1.807) is 0 Å². The summed E-state index contributed by atoms with van der Waals surface area (Å²) in [6, 6.07) is 0.930. The van der Waals surface area contributed by atoms with Crippen molar-refractivity contribution < 1.29 is 4.74 Å².